The summed E-state index contributed by atoms with van der Waals surface area (Å²) < 4.78 is 2.01. The van der Waals surface area contributed by atoms with Crippen molar-refractivity contribution in [2.45, 2.75) is 19.8 Å². The molecular formula is C16H19N5. The fraction of sp³-hybridized carbons (Fsp3) is 0.312. The van der Waals surface area contributed by atoms with Gasteiger partial charge in [0.2, 0.25) is 0 Å². The number of imidazole rings is 1. The van der Waals surface area contributed by atoms with E-state index >= 15 is 0 Å². The number of aromatic nitrogens is 4. The number of hydrogen-bond acceptors (Lipinski definition) is 4. The van der Waals surface area contributed by atoms with Crippen LogP contribution in [0.2, 0.25) is 0 Å². The fourth-order valence-electron chi connectivity index (χ4n) is 2.38. The molecule has 21 heavy (non-hydrogen) atoms. The Morgan fingerprint density at radius 1 is 1.14 bits per heavy atom. The lowest BCUT2D eigenvalue weighted by Gasteiger charge is -2.10. The van der Waals surface area contributed by atoms with Crippen LogP contribution < -0.4 is 5.32 Å². The van der Waals surface area contributed by atoms with Crippen LogP contribution in [-0.2, 0) is 13.5 Å². The summed E-state index contributed by atoms with van der Waals surface area (Å²) in [4.78, 5) is 4.37. The Kier molecular flexibility index (Phi) is 3.81. The molecule has 0 amide bonds. The molecule has 0 aliphatic rings. The average Bonchev–Trinajstić information content (AvgIpc) is 2.92. The second-order valence-corrected chi connectivity index (χ2v) is 5.10. The molecule has 0 aliphatic heterocycles. The zero-order valence-electron chi connectivity index (χ0n) is 12.4. The Hall–Kier alpha value is -2.43. The van der Waals surface area contributed by atoms with E-state index in [-0.39, 0.29) is 0 Å². The number of rotatable bonds is 5. The predicted octanol–water partition coefficient (Wildman–Crippen LogP) is 2.78. The molecule has 108 valence electrons. The molecule has 0 aliphatic carbocycles. The highest BCUT2D eigenvalue weighted by molar-refractivity contribution is 5.93. The summed E-state index contributed by atoms with van der Waals surface area (Å²) in [6.45, 7) is 3.04. The van der Waals surface area contributed by atoms with Crippen molar-refractivity contribution in [3.63, 3.8) is 0 Å². The van der Waals surface area contributed by atoms with Crippen molar-refractivity contribution in [1.29, 1.82) is 0 Å². The summed E-state index contributed by atoms with van der Waals surface area (Å²) in [6.07, 6.45) is 5.50. The van der Waals surface area contributed by atoms with E-state index in [0.717, 1.165) is 41.1 Å². The zero-order chi connectivity index (χ0) is 14.7. The van der Waals surface area contributed by atoms with Crippen molar-refractivity contribution < 1.29 is 0 Å². The van der Waals surface area contributed by atoms with E-state index in [0.29, 0.717) is 6.42 Å². The van der Waals surface area contributed by atoms with Gasteiger partial charge in [-0.2, -0.15) is 5.10 Å². The third-order valence-electron chi connectivity index (χ3n) is 3.55. The van der Waals surface area contributed by atoms with Crippen LogP contribution in [0.3, 0.4) is 0 Å². The second kappa shape index (κ2) is 5.91. The molecule has 0 saturated heterocycles. The van der Waals surface area contributed by atoms with Crippen molar-refractivity contribution >= 4 is 16.6 Å². The molecule has 0 fully saturated rings. The van der Waals surface area contributed by atoms with Gasteiger partial charge in [-0.15, -0.1) is 5.10 Å². The number of anilines is 1. The molecule has 0 bridgehead atoms. The Labute approximate surface area is 124 Å². The first-order valence-electron chi connectivity index (χ1n) is 7.24. The SMILES string of the molecule is CCCNc1nnc(Cc2nccn2C)c2ccccc12. The van der Waals surface area contributed by atoms with Crippen LogP contribution in [0.15, 0.2) is 36.7 Å². The smallest absolute Gasteiger partial charge is 0.156 e. The molecule has 2 aromatic heterocycles. The van der Waals surface area contributed by atoms with E-state index in [4.69, 9.17) is 0 Å². The number of fused-ring (bicyclic) bond motifs is 1. The summed E-state index contributed by atoms with van der Waals surface area (Å²) in [5.41, 5.74) is 0.960. The van der Waals surface area contributed by atoms with E-state index in [2.05, 4.69) is 39.6 Å². The highest BCUT2D eigenvalue weighted by Gasteiger charge is 2.11. The number of aryl methyl sites for hydroxylation is 1. The first kappa shape index (κ1) is 13.5. The van der Waals surface area contributed by atoms with Crippen LogP contribution in [-0.4, -0.2) is 26.3 Å². The molecule has 0 saturated carbocycles. The third-order valence-corrected chi connectivity index (χ3v) is 3.55. The number of nitrogens with one attached hydrogen (secondary N) is 1. The number of benzene rings is 1. The van der Waals surface area contributed by atoms with Crippen molar-refractivity contribution in [3.8, 4) is 0 Å². The standard InChI is InChI=1S/C16H19N5/c1-3-8-18-16-13-7-5-4-6-12(13)14(19-20-16)11-15-17-9-10-21(15)2/h4-7,9-10H,3,8,11H2,1-2H3,(H,18,20). The van der Waals surface area contributed by atoms with Crippen molar-refractivity contribution in [2.75, 3.05) is 11.9 Å². The van der Waals surface area contributed by atoms with Gasteiger partial charge in [0, 0.05) is 36.8 Å². The molecule has 2 heterocycles. The normalized spacial score (nSPS) is 11.0. The molecular weight excluding hydrogens is 262 g/mol. The van der Waals surface area contributed by atoms with Crippen LogP contribution in [0.4, 0.5) is 5.82 Å². The van der Waals surface area contributed by atoms with Gasteiger partial charge >= 0.3 is 0 Å². The highest BCUT2D eigenvalue weighted by Crippen LogP contribution is 2.24. The van der Waals surface area contributed by atoms with Crippen LogP contribution in [0, 0.1) is 0 Å². The number of nitrogens with zero attached hydrogens (tertiary/aromatic N) is 4. The minimum Gasteiger partial charge on any atom is -0.368 e. The van der Waals surface area contributed by atoms with Gasteiger partial charge in [-0.1, -0.05) is 31.2 Å². The van der Waals surface area contributed by atoms with Crippen LogP contribution >= 0.6 is 0 Å². The van der Waals surface area contributed by atoms with Gasteiger partial charge in [-0.05, 0) is 6.42 Å². The van der Waals surface area contributed by atoms with Crippen molar-refractivity contribution in [1.82, 2.24) is 19.7 Å². The van der Waals surface area contributed by atoms with E-state index in [1.165, 1.54) is 0 Å². The Morgan fingerprint density at radius 2 is 1.95 bits per heavy atom. The van der Waals surface area contributed by atoms with E-state index < -0.39 is 0 Å². The summed E-state index contributed by atoms with van der Waals surface area (Å²) in [5.74, 6) is 1.85. The maximum Gasteiger partial charge on any atom is 0.156 e. The maximum atomic E-state index is 4.41. The summed E-state index contributed by atoms with van der Waals surface area (Å²) in [5, 5.41) is 14.4. The van der Waals surface area contributed by atoms with Gasteiger partial charge in [0.05, 0.1) is 12.1 Å². The topological polar surface area (TPSA) is 55.6 Å². The van der Waals surface area contributed by atoms with Gasteiger partial charge < -0.3 is 9.88 Å². The average molecular weight is 281 g/mol. The van der Waals surface area contributed by atoms with Gasteiger partial charge in [0.15, 0.2) is 5.82 Å². The molecule has 5 nitrogen and oxygen atoms in total. The van der Waals surface area contributed by atoms with Gasteiger partial charge in [0.25, 0.3) is 0 Å². The molecule has 0 spiro atoms. The number of hydrogen-bond donors (Lipinski definition) is 1. The molecule has 0 radical (unpaired) electrons. The van der Waals surface area contributed by atoms with Crippen LogP contribution in [0.1, 0.15) is 24.9 Å². The second-order valence-electron chi connectivity index (χ2n) is 5.10. The molecule has 3 rings (SSSR count). The lowest BCUT2D eigenvalue weighted by Crippen LogP contribution is -2.07. The van der Waals surface area contributed by atoms with Gasteiger partial charge in [-0.3, -0.25) is 0 Å². The third kappa shape index (κ3) is 2.72. The van der Waals surface area contributed by atoms with Crippen LogP contribution in [0.5, 0.6) is 0 Å². The lowest BCUT2D eigenvalue weighted by molar-refractivity contribution is 0.803. The van der Waals surface area contributed by atoms with Gasteiger partial charge in [-0.25, -0.2) is 4.98 Å². The molecule has 0 unspecified atom stereocenters. The van der Waals surface area contributed by atoms with Crippen molar-refractivity contribution in [3.05, 3.63) is 48.2 Å². The van der Waals surface area contributed by atoms with E-state index in [9.17, 15) is 0 Å². The fourth-order valence-corrected chi connectivity index (χ4v) is 2.38. The monoisotopic (exact) mass is 281 g/mol. The maximum absolute atomic E-state index is 4.41. The highest BCUT2D eigenvalue weighted by atomic mass is 15.2. The van der Waals surface area contributed by atoms with Crippen LogP contribution in [0.25, 0.3) is 10.8 Å². The quantitative estimate of drug-likeness (QED) is 0.781. The molecule has 1 N–H and O–H groups in total. The van der Waals surface area contributed by atoms with Crippen molar-refractivity contribution in [2.24, 2.45) is 7.05 Å². The molecule has 1 aromatic carbocycles. The minimum atomic E-state index is 0.686. The lowest BCUT2D eigenvalue weighted by atomic mass is 10.1. The molecule has 3 aromatic rings. The van der Waals surface area contributed by atoms with E-state index in [1.54, 1.807) is 0 Å². The first-order valence-corrected chi connectivity index (χ1v) is 7.24. The Bertz CT molecular complexity index is 747. The van der Waals surface area contributed by atoms with Gasteiger partial charge in [0.1, 0.15) is 5.82 Å². The minimum absolute atomic E-state index is 0.686. The zero-order valence-corrected chi connectivity index (χ0v) is 12.4. The van der Waals surface area contributed by atoms with E-state index in [1.807, 2.05) is 36.1 Å². The largest absolute Gasteiger partial charge is 0.368 e. The Balaban J connectivity index is 2.02. The summed E-state index contributed by atoms with van der Waals surface area (Å²) in [7, 11) is 2.00. The Morgan fingerprint density at radius 3 is 2.67 bits per heavy atom. The predicted molar refractivity (Wildman–Crippen MR) is 84.3 cm³/mol. The summed E-state index contributed by atoms with van der Waals surface area (Å²) >= 11 is 0. The molecule has 0 atom stereocenters. The summed E-state index contributed by atoms with van der Waals surface area (Å²) in [6, 6.07) is 8.25. The molecule has 5 heteroatoms. The first-order chi connectivity index (χ1) is 10.3.